The topological polar surface area (TPSA) is 68.1 Å². The first-order valence-electron chi connectivity index (χ1n) is 9.08. The van der Waals surface area contributed by atoms with Crippen molar-refractivity contribution >= 4 is 22.4 Å². The van der Waals surface area contributed by atoms with E-state index in [-0.39, 0.29) is 17.2 Å². The fourth-order valence-corrected chi connectivity index (χ4v) is 4.11. The summed E-state index contributed by atoms with van der Waals surface area (Å²) in [5.74, 6) is -0.763. The van der Waals surface area contributed by atoms with Crippen LogP contribution >= 0.6 is 11.6 Å². The van der Waals surface area contributed by atoms with Crippen molar-refractivity contribution < 1.29 is 13.5 Å². The molecule has 0 atom stereocenters. The largest absolute Gasteiger partial charge is 0.489 e. The molecule has 0 spiro atoms. The lowest BCUT2D eigenvalue weighted by Crippen LogP contribution is -2.44. The SMILES string of the molecule is NC1(c2c(F)cccc2F)CCC(Oc2cc3cc[nH]c(=O)c3cc2Cl)CC1. The van der Waals surface area contributed by atoms with E-state index >= 15 is 0 Å². The quantitative estimate of drug-likeness (QED) is 0.668. The van der Waals surface area contributed by atoms with Gasteiger partial charge < -0.3 is 15.5 Å². The van der Waals surface area contributed by atoms with Crippen LogP contribution in [0.25, 0.3) is 10.8 Å². The molecule has 0 radical (unpaired) electrons. The van der Waals surface area contributed by atoms with Crippen molar-refractivity contribution in [2.75, 3.05) is 0 Å². The van der Waals surface area contributed by atoms with Gasteiger partial charge in [-0.15, -0.1) is 0 Å². The zero-order valence-electron chi connectivity index (χ0n) is 15.0. The van der Waals surface area contributed by atoms with Crippen molar-refractivity contribution in [1.82, 2.24) is 4.98 Å². The van der Waals surface area contributed by atoms with E-state index in [1.807, 2.05) is 0 Å². The summed E-state index contributed by atoms with van der Waals surface area (Å²) >= 11 is 6.29. The molecule has 2 aromatic carbocycles. The second kappa shape index (κ2) is 7.18. The minimum Gasteiger partial charge on any atom is -0.489 e. The second-order valence-electron chi connectivity index (χ2n) is 7.25. The minimum atomic E-state index is -1.06. The summed E-state index contributed by atoms with van der Waals surface area (Å²) in [6.07, 6.45) is 3.24. The van der Waals surface area contributed by atoms with E-state index < -0.39 is 17.2 Å². The highest BCUT2D eigenvalue weighted by atomic mass is 35.5. The smallest absolute Gasteiger partial charge is 0.255 e. The van der Waals surface area contributed by atoms with Crippen LogP contribution in [0.2, 0.25) is 5.02 Å². The predicted octanol–water partition coefficient (Wildman–Crippen LogP) is 4.64. The third-order valence-corrected chi connectivity index (χ3v) is 5.70. The predicted molar refractivity (Wildman–Crippen MR) is 105 cm³/mol. The molecule has 1 fully saturated rings. The van der Waals surface area contributed by atoms with Gasteiger partial charge in [-0.1, -0.05) is 17.7 Å². The highest BCUT2D eigenvalue weighted by Gasteiger charge is 2.38. The standard InChI is InChI=1S/C21H19ClF2N2O2/c22-15-11-14-12(6-9-26-20(14)27)10-18(15)28-13-4-7-21(25,8-5-13)19-16(23)2-1-3-17(19)24/h1-3,6,9-11,13H,4-5,7-8,25H2,(H,26,27). The van der Waals surface area contributed by atoms with E-state index in [4.69, 9.17) is 22.1 Å². The molecule has 1 heterocycles. The maximum absolute atomic E-state index is 14.2. The molecule has 1 aliphatic carbocycles. The molecule has 0 unspecified atom stereocenters. The third kappa shape index (κ3) is 3.38. The van der Waals surface area contributed by atoms with E-state index in [9.17, 15) is 13.6 Å². The van der Waals surface area contributed by atoms with Gasteiger partial charge in [0.2, 0.25) is 0 Å². The molecule has 3 aromatic rings. The number of hydrogen-bond donors (Lipinski definition) is 2. The van der Waals surface area contributed by atoms with Gasteiger partial charge >= 0.3 is 0 Å². The zero-order valence-corrected chi connectivity index (χ0v) is 15.7. The Balaban J connectivity index is 1.53. The maximum atomic E-state index is 14.2. The molecular formula is C21H19ClF2N2O2. The summed E-state index contributed by atoms with van der Waals surface area (Å²) in [7, 11) is 0. The molecule has 4 nitrogen and oxygen atoms in total. The molecule has 0 amide bonds. The summed E-state index contributed by atoms with van der Waals surface area (Å²) in [6.45, 7) is 0. The van der Waals surface area contributed by atoms with Crippen molar-refractivity contribution in [2.24, 2.45) is 5.73 Å². The Morgan fingerprint density at radius 1 is 1.14 bits per heavy atom. The Labute approximate surface area is 165 Å². The van der Waals surface area contributed by atoms with Gasteiger partial charge in [-0.25, -0.2) is 8.78 Å². The molecule has 1 saturated carbocycles. The van der Waals surface area contributed by atoms with Gasteiger partial charge in [-0.2, -0.15) is 0 Å². The number of pyridine rings is 1. The number of halogens is 3. The van der Waals surface area contributed by atoms with Gasteiger partial charge in [0.25, 0.3) is 5.56 Å². The Morgan fingerprint density at radius 2 is 1.82 bits per heavy atom. The monoisotopic (exact) mass is 404 g/mol. The number of benzene rings is 2. The summed E-state index contributed by atoms with van der Waals surface area (Å²) < 4.78 is 34.4. The normalized spacial score (nSPS) is 22.4. The Hall–Kier alpha value is -2.44. The van der Waals surface area contributed by atoms with Gasteiger partial charge in [0.05, 0.1) is 11.1 Å². The maximum Gasteiger partial charge on any atom is 0.255 e. The van der Waals surface area contributed by atoms with E-state index in [1.165, 1.54) is 18.2 Å². The zero-order chi connectivity index (χ0) is 19.9. The van der Waals surface area contributed by atoms with Crippen molar-refractivity contribution in [3.05, 3.63) is 75.2 Å². The van der Waals surface area contributed by atoms with Crippen LogP contribution in [0.5, 0.6) is 5.75 Å². The lowest BCUT2D eigenvalue weighted by Gasteiger charge is -2.38. The molecule has 1 aliphatic rings. The Bertz CT molecular complexity index is 1070. The third-order valence-electron chi connectivity index (χ3n) is 5.41. The van der Waals surface area contributed by atoms with E-state index in [1.54, 1.807) is 24.4 Å². The number of nitrogens with two attached hydrogens (primary N) is 1. The average molecular weight is 405 g/mol. The number of aromatic nitrogens is 1. The van der Waals surface area contributed by atoms with Crippen LogP contribution in [0.1, 0.15) is 31.2 Å². The number of ether oxygens (including phenoxy) is 1. The van der Waals surface area contributed by atoms with Gasteiger partial charge in [0, 0.05) is 22.7 Å². The van der Waals surface area contributed by atoms with Gasteiger partial charge in [0.15, 0.2) is 0 Å². The second-order valence-corrected chi connectivity index (χ2v) is 7.65. The van der Waals surface area contributed by atoms with Crippen molar-refractivity contribution in [3.8, 4) is 5.75 Å². The van der Waals surface area contributed by atoms with E-state index in [0.717, 1.165) is 5.39 Å². The average Bonchev–Trinajstić information content (AvgIpc) is 2.65. The number of rotatable bonds is 3. The molecule has 146 valence electrons. The fourth-order valence-electron chi connectivity index (χ4n) is 3.91. The van der Waals surface area contributed by atoms with Gasteiger partial charge in [-0.05, 0) is 61.4 Å². The van der Waals surface area contributed by atoms with Crippen LogP contribution in [0.15, 0.2) is 47.4 Å². The lowest BCUT2D eigenvalue weighted by atomic mass is 9.76. The fraction of sp³-hybridized carbons (Fsp3) is 0.286. The highest BCUT2D eigenvalue weighted by molar-refractivity contribution is 6.32. The van der Waals surface area contributed by atoms with Crippen LogP contribution in [-0.2, 0) is 5.54 Å². The Kier molecular flexibility index (Phi) is 4.85. The molecule has 28 heavy (non-hydrogen) atoms. The molecule has 0 bridgehead atoms. The number of aromatic amines is 1. The minimum absolute atomic E-state index is 0.0589. The summed E-state index contributed by atoms with van der Waals surface area (Å²) in [5.41, 5.74) is 5.02. The van der Waals surface area contributed by atoms with Gasteiger partial charge in [0.1, 0.15) is 17.4 Å². The number of nitrogens with one attached hydrogen (secondary N) is 1. The van der Waals surface area contributed by atoms with Crippen LogP contribution in [-0.4, -0.2) is 11.1 Å². The van der Waals surface area contributed by atoms with Gasteiger partial charge in [-0.3, -0.25) is 4.79 Å². The summed E-state index contributed by atoms with van der Waals surface area (Å²) in [6, 6.07) is 8.87. The van der Waals surface area contributed by atoms with Crippen molar-refractivity contribution in [1.29, 1.82) is 0 Å². The molecule has 7 heteroatoms. The first kappa shape index (κ1) is 18.9. The number of H-pyrrole nitrogens is 1. The molecular weight excluding hydrogens is 386 g/mol. The van der Waals surface area contributed by atoms with Crippen molar-refractivity contribution in [3.63, 3.8) is 0 Å². The Morgan fingerprint density at radius 3 is 2.50 bits per heavy atom. The number of hydrogen-bond acceptors (Lipinski definition) is 3. The summed E-state index contributed by atoms with van der Waals surface area (Å²) in [4.78, 5) is 14.5. The summed E-state index contributed by atoms with van der Waals surface area (Å²) in [5, 5.41) is 1.55. The van der Waals surface area contributed by atoms with Crippen LogP contribution in [0.3, 0.4) is 0 Å². The first-order valence-corrected chi connectivity index (χ1v) is 9.46. The first-order chi connectivity index (χ1) is 13.4. The van der Waals surface area contributed by atoms with Crippen LogP contribution < -0.4 is 16.0 Å². The van der Waals surface area contributed by atoms with E-state index in [0.29, 0.717) is 41.8 Å². The lowest BCUT2D eigenvalue weighted by molar-refractivity contribution is 0.115. The molecule has 1 aromatic heterocycles. The van der Waals surface area contributed by atoms with E-state index in [2.05, 4.69) is 4.98 Å². The van der Waals surface area contributed by atoms with Crippen molar-refractivity contribution in [2.45, 2.75) is 37.3 Å². The molecule has 3 N–H and O–H groups in total. The van der Waals surface area contributed by atoms with Crippen LogP contribution in [0, 0.1) is 11.6 Å². The number of fused-ring (bicyclic) bond motifs is 1. The van der Waals surface area contributed by atoms with Crippen LogP contribution in [0.4, 0.5) is 8.78 Å². The molecule has 0 aliphatic heterocycles. The molecule has 4 rings (SSSR count). The highest BCUT2D eigenvalue weighted by Crippen LogP contribution is 2.39. The molecule has 0 saturated heterocycles.